The molecule has 0 amide bonds. The monoisotopic (exact) mass is 294 g/mol. The van der Waals surface area contributed by atoms with Crippen molar-refractivity contribution in [2.24, 2.45) is 5.92 Å². The molecule has 1 fully saturated rings. The van der Waals surface area contributed by atoms with Crippen molar-refractivity contribution >= 4 is 22.5 Å². The predicted molar refractivity (Wildman–Crippen MR) is 86.5 cm³/mol. The van der Waals surface area contributed by atoms with E-state index in [-0.39, 0.29) is 0 Å². The Kier molecular flexibility index (Phi) is 2.93. The van der Waals surface area contributed by atoms with E-state index in [0.717, 1.165) is 33.2 Å². The first-order chi connectivity index (χ1) is 10.2. The van der Waals surface area contributed by atoms with Gasteiger partial charge in [0.2, 0.25) is 0 Å². The number of hydrogen-bond donors (Lipinski definition) is 0. The van der Waals surface area contributed by atoms with E-state index in [9.17, 15) is 0 Å². The fourth-order valence-corrected chi connectivity index (χ4v) is 3.13. The molecule has 1 aromatic carbocycles. The van der Waals surface area contributed by atoms with E-state index < -0.39 is 0 Å². The van der Waals surface area contributed by atoms with Crippen molar-refractivity contribution in [2.45, 2.75) is 19.3 Å². The lowest BCUT2D eigenvalue weighted by Crippen LogP contribution is -1.90. The van der Waals surface area contributed by atoms with Crippen LogP contribution in [0, 0.1) is 5.92 Å². The van der Waals surface area contributed by atoms with Crippen molar-refractivity contribution in [3.63, 3.8) is 0 Å². The van der Waals surface area contributed by atoms with E-state index in [0.29, 0.717) is 5.92 Å². The van der Waals surface area contributed by atoms with E-state index >= 15 is 0 Å². The Labute approximate surface area is 128 Å². The van der Waals surface area contributed by atoms with Gasteiger partial charge in [0, 0.05) is 11.6 Å². The van der Waals surface area contributed by atoms with Gasteiger partial charge in [-0.25, -0.2) is 4.98 Å². The van der Waals surface area contributed by atoms with E-state index in [1.165, 1.54) is 12.0 Å². The SMILES string of the molecule is CC1C[C@H]1c1ccc2c(Cl)cc(-c3ccccn3)nc2c1. The number of halogens is 1. The Balaban J connectivity index is 1.87. The van der Waals surface area contributed by atoms with Crippen LogP contribution in [0.3, 0.4) is 0 Å². The highest BCUT2D eigenvalue weighted by Gasteiger charge is 2.34. The number of benzene rings is 1. The lowest BCUT2D eigenvalue weighted by Gasteiger charge is -2.07. The Morgan fingerprint density at radius 1 is 1.10 bits per heavy atom. The lowest BCUT2D eigenvalue weighted by atomic mass is 10.1. The lowest BCUT2D eigenvalue weighted by molar-refractivity contribution is 0.915. The Morgan fingerprint density at radius 3 is 2.67 bits per heavy atom. The summed E-state index contributed by atoms with van der Waals surface area (Å²) in [6, 6.07) is 14.2. The van der Waals surface area contributed by atoms with Crippen molar-refractivity contribution < 1.29 is 0 Å². The van der Waals surface area contributed by atoms with Crippen molar-refractivity contribution in [2.75, 3.05) is 0 Å². The van der Waals surface area contributed by atoms with E-state index in [1.54, 1.807) is 6.20 Å². The fourth-order valence-electron chi connectivity index (χ4n) is 2.87. The van der Waals surface area contributed by atoms with Crippen LogP contribution >= 0.6 is 11.6 Å². The second kappa shape index (κ2) is 4.81. The summed E-state index contributed by atoms with van der Waals surface area (Å²) in [7, 11) is 0. The third-order valence-corrected chi connectivity index (χ3v) is 4.56. The standard InChI is InChI=1S/C18H15ClN2/c1-11-8-14(11)12-5-6-13-15(19)10-18(21-17(13)9-12)16-4-2-3-7-20-16/h2-7,9-11,14H,8H2,1H3/t11?,14-/m1/s1. The van der Waals surface area contributed by atoms with Crippen molar-refractivity contribution in [3.05, 3.63) is 59.2 Å². The highest BCUT2D eigenvalue weighted by atomic mass is 35.5. The van der Waals surface area contributed by atoms with Crippen molar-refractivity contribution in [1.29, 1.82) is 0 Å². The second-order valence-electron chi connectivity index (χ2n) is 5.80. The van der Waals surface area contributed by atoms with Crippen LogP contribution in [-0.2, 0) is 0 Å². The number of pyridine rings is 2. The molecule has 1 unspecified atom stereocenters. The van der Waals surface area contributed by atoms with Gasteiger partial charge >= 0.3 is 0 Å². The zero-order valence-electron chi connectivity index (χ0n) is 11.8. The molecule has 21 heavy (non-hydrogen) atoms. The molecule has 1 aliphatic carbocycles. The Morgan fingerprint density at radius 2 is 1.95 bits per heavy atom. The van der Waals surface area contributed by atoms with Gasteiger partial charge in [-0.15, -0.1) is 0 Å². The summed E-state index contributed by atoms with van der Waals surface area (Å²) in [6.07, 6.45) is 3.05. The maximum atomic E-state index is 6.42. The molecule has 0 N–H and O–H groups in total. The van der Waals surface area contributed by atoms with Gasteiger partial charge in [0.15, 0.2) is 0 Å². The van der Waals surface area contributed by atoms with Crippen LogP contribution in [0.15, 0.2) is 48.7 Å². The average Bonchev–Trinajstić information content (AvgIpc) is 3.24. The molecular formula is C18H15ClN2. The Hall–Kier alpha value is -1.93. The average molecular weight is 295 g/mol. The smallest absolute Gasteiger partial charge is 0.0908 e. The van der Waals surface area contributed by atoms with Gasteiger partial charge in [-0.05, 0) is 48.1 Å². The molecule has 3 aromatic rings. The predicted octanol–water partition coefficient (Wildman–Crippen LogP) is 5.07. The molecule has 104 valence electrons. The van der Waals surface area contributed by atoms with Gasteiger partial charge in [-0.2, -0.15) is 0 Å². The van der Waals surface area contributed by atoms with Gasteiger partial charge in [-0.3, -0.25) is 4.98 Å². The molecule has 2 atom stereocenters. The first-order valence-electron chi connectivity index (χ1n) is 7.24. The minimum absolute atomic E-state index is 0.688. The molecule has 1 aliphatic rings. The van der Waals surface area contributed by atoms with Crippen LogP contribution < -0.4 is 0 Å². The van der Waals surface area contributed by atoms with Crippen LogP contribution in [0.4, 0.5) is 0 Å². The molecule has 2 aromatic heterocycles. The Bertz CT molecular complexity index is 814. The van der Waals surface area contributed by atoms with Gasteiger partial charge < -0.3 is 0 Å². The van der Waals surface area contributed by atoms with E-state index in [4.69, 9.17) is 16.6 Å². The summed E-state index contributed by atoms with van der Waals surface area (Å²) in [5, 5.41) is 1.74. The summed E-state index contributed by atoms with van der Waals surface area (Å²) >= 11 is 6.42. The second-order valence-corrected chi connectivity index (χ2v) is 6.21. The zero-order chi connectivity index (χ0) is 14.4. The number of aromatic nitrogens is 2. The van der Waals surface area contributed by atoms with Crippen molar-refractivity contribution in [1.82, 2.24) is 9.97 Å². The molecule has 0 bridgehead atoms. The maximum Gasteiger partial charge on any atom is 0.0908 e. The number of hydrogen-bond acceptors (Lipinski definition) is 2. The van der Waals surface area contributed by atoms with Crippen LogP contribution in [0.1, 0.15) is 24.8 Å². The third kappa shape index (κ3) is 2.30. The number of fused-ring (bicyclic) bond motifs is 1. The highest BCUT2D eigenvalue weighted by Crippen LogP contribution is 2.47. The molecule has 0 radical (unpaired) electrons. The summed E-state index contributed by atoms with van der Waals surface area (Å²) in [4.78, 5) is 9.11. The molecular weight excluding hydrogens is 280 g/mol. The van der Waals surface area contributed by atoms with Crippen LogP contribution in [0.2, 0.25) is 5.02 Å². The third-order valence-electron chi connectivity index (χ3n) is 4.25. The van der Waals surface area contributed by atoms with Crippen molar-refractivity contribution in [3.8, 4) is 11.4 Å². The largest absolute Gasteiger partial charge is 0.255 e. The molecule has 2 heterocycles. The van der Waals surface area contributed by atoms with Crippen LogP contribution in [0.25, 0.3) is 22.3 Å². The van der Waals surface area contributed by atoms with E-state index in [2.05, 4.69) is 30.1 Å². The summed E-state index contributed by atoms with van der Waals surface area (Å²) < 4.78 is 0. The van der Waals surface area contributed by atoms with Gasteiger partial charge in [0.05, 0.1) is 21.9 Å². The van der Waals surface area contributed by atoms with Gasteiger partial charge in [0.1, 0.15) is 0 Å². The number of rotatable bonds is 2. The molecule has 1 saturated carbocycles. The first kappa shape index (κ1) is 12.8. The summed E-state index contributed by atoms with van der Waals surface area (Å²) in [5.41, 5.74) is 4.01. The molecule has 0 aliphatic heterocycles. The molecule has 3 heteroatoms. The van der Waals surface area contributed by atoms with Gasteiger partial charge in [-0.1, -0.05) is 36.7 Å². The summed E-state index contributed by atoms with van der Waals surface area (Å²) in [6.45, 7) is 2.29. The minimum Gasteiger partial charge on any atom is -0.255 e. The van der Waals surface area contributed by atoms with E-state index in [1.807, 2.05) is 24.3 Å². The zero-order valence-corrected chi connectivity index (χ0v) is 12.5. The maximum absolute atomic E-state index is 6.42. The molecule has 2 nitrogen and oxygen atoms in total. The fraction of sp³-hybridized carbons (Fsp3) is 0.222. The van der Waals surface area contributed by atoms with Gasteiger partial charge in [0.25, 0.3) is 0 Å². The molecule has 4 rings (SSSR count). The normalized spacial score (nSPS) is 20.7. The quantitative estimate of drug-likeness (QED) is 0.659. The highest BCUT2D eigenvalue weighted by molar-refractivity contribution is 6.35. The minimum atomic E-state index is 0.688. The van der Waals surface area contributed by atoms with Crippen LogP contribution in [-0.4, -0.2) is 9.97 Å². The number of nitrogens with zero attached hydrogens (tertiary/aromatic N) is 2. The molecule has 0 spiro atoms. The van der Waals surface area contributed by atoms with Crippen LogP contribution in [0.5, 0.6) is 0 Å². The topological polar surface area (TPSA) is 25.8 Å². The molecule has 0 saturated heterocycles. The summed E-state index contributed by atoms with van der Waals surface area (Å²) in [5.74, 6) is 1.48. The first-order valence-corrected chi connectivity index (χ1v) is 7.62.